The van der Waals surface area contributed by atoms with Crippen LogP contribution in [0.3, 0.4) is 0 Å². The van der Waals surface area contributed by atoms with Crippen LogP contribution in [0.4, 0.5) is 4.79 Å². The van der Waals surface area contributed by atoms with E-state index in [1.165, 1.54) is 16.5 Å². The average Bonchev–Trinajstić information content (AvgIpc) is 3.15. The second-order valence-corrected chi connectivity index (χ2v) is 6.65. The number of aromatic nitrogens is 1. The van der Waals surface area contributed by atoms with E-state index in [-0.39, 0.29) is 12.6 Å². The Balaban J connectivity index is 1.50. The molecule has 0 atom stereocenters. The summed E-state index contributed by atoms with van der Waals surface area (Å²) in [6.45, 7) is 3.16. The molecule has 0 aliphatic carbocycles. The maximum Gasteiger partial charge on any atom is 0.315 e. The van der Waals surface area contributed by atoms with Gasteiger partial charge in [-0.25, -0.2) is 4.79 Å². The van der Waals surface area contributed by atoms with Crippen molar-refractivity contribution in [3.63, 3.8) is 0 Å². The number of carbonyl (C=O) groups is 1. The molecule has 3 rings (SSSR count). The lowest BCUT2D eigenvalue weighted by molar-refractivity contribution is 0.240. The van der Waals surface area contributed by atoms with E-state index in [1.54, 1.807) is 13.2 Å². The second kappa shape index (κ2) is 9.56. The predicted molar refractivity (Wildman–Crippen MR) is 114 cm³/mol. The maximum absolute atomic E-state index is 12.1. The van der Waals surface area contributed by atoms with Crippen molar-refractivity contribution in [3.05, 3.63) is 59.3 Å². The molecule has 0 spiro atoms. The van der Waals surface area contributed by atoms with Gasteiger partial charge in [-0.15, -0.1) is 6.42 Å². The first-order chi connectivity index (χ1) is 14.1. The Morgan fingerprint density at radius 2 is 2.07 bits per heavy atom. The molecule has 1 aromatic heterocycles. The van der Waals surface area contributed by atoms with E-state index in [4.69, 9.17) is 15.9 Å². The van der Waals surface area contributed by atoms with Crippen molar-refractivity contribution in [2.75, 3.05) is 20.3 Å². The third-order valence-corrected chi connectivity index (χ3v) is 4.67. The van der Waals surface area contributed by atoms with Crippen molar-refractivity contribution >= 4 is 16.9 Å². The van der Waals surface area contributed by atoms with Crippen LogP contribution in [-0.4, -0.2) is 31.3 Å². The molecule has 2 aromatic carbocycles. The SMILES string of the molecule is C#CCOc1cc(CNC(=O)NCCc2c[nH]c3cccc(C)c23)ccc1OC. The Labute approximate surface area is 170 Å². The van der Waals surface area contributed by atoms with Gasteiger partial charge in [0.2, 0.25) is 0 Å². The van der Waals surface area contributed by atoms with E-state index in [2.05, 4.69) is 40.6 Å². The summed E-state index contributed by atoms with van der Waals surface area (Å²) >= 11 is 0. The summed E-state index contributed by atoms with van der Waals surface area (Å²) in [5.74, 6) is 3.58. The first-order valence-electron chi connectivity index (χ1n) is 9.43. The third-order valence-electron chi connectivity index (χ3n) is 4.67. The smallest absolute Gasteiger partial charge is 0.315 e. The highest BCUT2D eigenvalue weighted by Crippen LogP contribution is 2.28. The van der Waals surface area contributed by atoms with Crippen LogP contribution in [0.1, 0.15) is 16.7 Å². The Hall–Kier alpha value is -3.59. The summed E-state index contributed by atoms with van der Waals surface area (Å²) in [6, 6.07) is 11.4. The molecule has 0 saturated heterocycles. The Morgan fingerprint density at radius 3 is 2.86 bits per heavy atom. The fraction of sp³-hybridized carbons (Fsp3) is 0.261. The maximum atomic E-state index is 12.1. The van der Waals surface area contributed by atoms with Gasteiger partial charge in [-0.05, 0) is 48.2 Å². The molecule has 6 heteroatoms. The van der Waals surface area contributed by atoms with E-state index in [1.807, 2.05) is 24.4 Å². The Kier molecular flexibility index (Phi) is 6.64. The van der Waals surface area contributed by atoms with Gasteiger partial charge in [0.15, 0.2) is 11.5 Å². The number of fused-ring (bicyclic) bond motifs is 1. The van der Waals surface area contributed by atoms with Gasteiger partial charge in [0.25, 0.3) is 0 Å². The number of terminal acetylenes is 1. The molecule has 150 valence electrons. The number of aryl methyl sites for hydroxylation is 1. The number of amides is 2. The van der Waals surface area contributed by atoms with Crippen molar-refractivity contribution in [1.29, 1.82) is 0 Å². The summed E-state index contributed by atoms with van der Waals surface area (Å²) in [5, 5.41) is 6.98. The normalized spacial score (nSPS) is 10.4. The molecule has 0 saturated carbocycles. The molecule has 6 nitrogen and oxygen atoms in total. The molecule has 3 N–H and O–H groups in total. The molecule has 2 amide bonds. The zero-order chi connectivity index (χ0) is 20.6. The summed E-state index contributed by atoms with van der Waals surface area (Å²) < 4.78 is 10.7. The number of nitrogens with one attached hydrogen (secondary N) is 3. The van der Waals surface area contributed by atoms with E-state index in [0.29, 0.717) is 24.6 Å². The number of hydrogen-bond acceptors (Lipinski definition) is 3. The van der Waals surface area contributed by atoms with Crippen molar-refractivity contribution < 1.29 is 14.3 Å². The molecule has 0 radical (unpaired) electrons. The van der Waals surface area contributed by atoms with Crippen LogP contribution in [0.25, 0.3) is 10.9 Å². The lowest BCUT2D eigenvalue weighted by Crippen LogP contribution is -2.36. The van der Waals surface area contributed by atoms with Crippen molar-refractivity contribution in [1.82, 2.24) is 15.6 Å². The van der Waals surface area contributed by atoms with Crippen LogP contribution in [0, 0.1) is 19.3 Å². The standard InChI is InChI=1S/C23H25N3O3/c1-4-12-29-21-13-17(8-9-20(21)28-3)14-26-23(27)24-11-10-18-15-25-19-7-5-6-16(2)22(18)19/h1,5-9,13,15,25H,10-12,14H2,2-3H3,(H2,24,26,27). The van der Waals surface area contributed by atoms with Crippen molar-refractivity contribution in [3.8, 4) is 23.8 Å². The molecular weight excluding hydrogens is 366 g/mol. The zero-order valence-corrected chi connectivity index (χ0v) is 16.7. The number of rotatable bonds is 8. The zero-order valence-electron chi connectivity index (χ0n) is 16.7. The van der Waals surface area contributed by atoms with Crippen LogP contribution < -0.4 is 20.1 Å². The molecule has 0 aliphatic rings. The molecule has 0 unspecified atom stereocenters. The summed E-state index contributed by atoms with van der Waals surface area (Å²) in [7, 11) is 1.57. The first kappa shape index (κ1) is 20.2. The highest BCUT2D eigenvalue weighted by molar-refractivity contribution is 5.86. The van der Waals surface area contributed by atoms with Gasteiger partial charge in [0.1, 0.15) is 6.61 Å². The van der Waals surface area contributed by atoms with E-state index in [0.717, 1.165) is 17.5 Å². The summed E-state index contributed by atoms with van der Waals surface area (Å²) in [6.07, 6.45) is 8.00. The highest BCUT2D eigenvalue weighted by atomic mass is 16.5. The van der Waals surface area contributed by atoms with Gasteiger partial charge in [-0.3, -0.25) is 0 Å². The quantitative estimate of drug-likeness (QED) is 0.514. The van der Waals surface area contributed by atoms with Crippen molar-refractivity contribution in [2.24, 2.45) is 0 Å². The minimum atomic E-state index is -0.219. The average molecular weight is 391 g/mol. The molecule has 0 aliphatic heterocycles. The van der Waals surface area contributed by atoms with Gasteiger partial charge in [-0.1, -0.05) is 24.1 Å². The predicted octanol–water partition coefficient (Wildman–Crippen LogP) is 3.54. The monoisotopic (exact) mass is 391 g/mol. The molecule has 1 heterocycles. The number of ether oxygens (including phenoxy) is 2. The number of benzene rings is 2. The largest absolute Gasteiger partial charge is 0.493 e. The number of urea groups is 1. The minimum absolute atomic E-state index is 0.154. The van der Waals surface area contributed by atoms with Crippen LogP contribution >= 0.6 is 0 Å². The van der Waals surface area contributed by atoms with Gasteiger partial charge < -0.3 is 25.1 Å². The number of carbonyl (C=O) groups excluding carboxylic acids is 1. The van der Waals surface area contributed by atoms with Crippen molar-refractivity contribution in [2.45, 2.75) is 19.9 Å². The third kappa shape index (κ3) is 5.02. The van der Waals surface area contributed by atoms with E-state index in [9.17, 15) is 4.79 Å². The van der Waals surface area contributed by atoms with Crippen LogP contribution in [0.15, 0.2) is 42.6 Å². The van der Waals surface area contributed by atoms with Gasteiger partial charge >= 0.3 is 6.03 Å². The van der Waals surface area contributed by atoms with Gasteiger partial charge in [0, 0.05) is 30.2 Å². The fourth-order valence-corrected chi connectivity index (χ4v) is 3.27. The van der Waals surface area contributed by atoms with Crippen LogP contribution in [-0.2, 0) is 13.0 Å². The number of aromatic amines is 1. The number of methoxy groups -OCH3 is 1. The Bertz CT molecular complexity index is 1030. The summed E-state index contributed by atoms with van der Waals surface area (Å²) in [4.78, 5) is 15.4. The van der Waals surface area contributed by atoms with Crippen LogP contribution in [0.5, 0.6) is 11.5 Å². The Morgan fingerprint density at radius 1 is 1.21 bits per heavy atom. The van der Waals surface area contributed by atoms with Gasteiger partial charge in [-0.2, -0.15) is 0 Å². The molecule has 0 fully saturated rings. The van der Waals surface area contributed by atoms with Crippen LogP contribution in [0.2, 0.25) is 0 Å². The summed E-state index contributed by atoms with van der Waals surface area (Å²) in [5.41, 5.74) is 4.43. The molecule has 29 heavy (non-hydrogen) atoms. The molecule has 0 bridgehead atoms. The van der Waals surface area contributed by atoms with E-state index >= 15 is 0 Å². The lowest BCUT2D eigenvalue weighted by Gasteiger charge is -2.12. The number of hydrogen-bond donors (Lipinski definition) is 3. The van der Waals surface area contributed by atoms with E-state index < -0.39 is 0 Å². The topological polar surface area (TPSA) is 75.4 Å². The second-order valence-electron chi connectivity index (χ2n) is 6.65. The fourth-order valence-electron chi connectivity index (χ4n) is 3.27. The van der Waals surface area contributed by atoms with Gasteiger partial charge in [0.05, 0.1) is 7.11 Å². The molecular formula is C23H25N3O3. The molecule has 3 aromatic rings. The highest BCUT2D eigenvalue weighted by Gasteiger charge is 2.08. The first-order valence-corrected chi connectivity index (χ1v) is 9.43. The lowest BCUT2D eigenvalue weighted by atomic mass is 10.1. The number of H-pyrrole nitrogens is 1. The minimum Gasteiger partial charge on any atom is -0.493 e.